The number of nitrogens with zero attached hydrogens (tertiary/aromatic N) is 3. The number of halogens is 1. The fourth-order valence-corrected chi connectivity index (χ4v) is 5.13. The summed E-state index contributed by atoms with van der Waals surface area (Å²) >= 11 is 7.52. The van der Waals surface area contributed by atoms with E-state index in [-0.39, 0.29) is 22.0 Å². The molecule has 1 aliphatic carbocycles. The molecule has 0 aliphatic heterocycles. The van der Waals surface area contributed by atoms with Crippen molar-refractivity contribution in [2.75, 3.05) is 5.32 Å². The molecule has 2 heterocycles. The lowest BCUT2D eigenvalue weighted by molar-refractivity contribution is -0.384. The van der Waals surface area contributed by atoms with Crippen LogP contribution in [0.25, 0.3) is 17.4 Å². The quantitative estimate of drug-likeness (QED) is 0.211. The lowest BCUT2D eigenvalue weighted by atomic mass is 9.96. The molecule has 10 heteroatoms. The average molecular weight is 479 g/mol. The molecule has 164 valence electrons. The molecule has 0 fully saturated rings. The number of hydrogen-bond donors (Lipinski definition) is 1. The van der Waals surface area contributed by atoms with Gasteiger partial charge in [0, 0.05) is 28.6 Å². The van der Waals surface area contributed by atoms with Gasteiger partial charge in [0.25, 0.3) is 11.6 Å². The van der Waals surface area contributed by atoms with Gasteiger partial charge in [-0.25, -0.2) is 0 Å². The van der Waals surface area contributed by atoms with Gasteiger partial charge in [-0.2, -0.15) is 10.5 Å². The summed E-state index contributed by atoms with van der Waals surface area (Å²) in [7, 11) is 0. The van der Waals surface area contributed by atoms with Crippen molar-refractivity contribution in [2.24, 2.45) is 0 Å². The van der Waals surface area contributed by atoms with Gasteiger partial charge < -0.3 is 9.73 Å². The van der Waals surface area contributed by atoms with Crippen molar-refractivity contribution in [1.29, 1.82) is 10.5 Å². The number of thiophene rings is 1. The minimum absolute atomic E-state index is 0.137. The Hall–Kier alpha value is -3.92. The van der Waals surface area contributed by atoms with E-state index < -0.39 is 10.8 Å². The number of fused-ring (bicyclic) bond motifs is 1. The molecule has 0 saturated heterocycles. The first kappa shape index (κ1) is 22.3. The average Bonchev–Trinajstić information content (AvgIpc) is 3.40. The van der Waals surface area contributed by atoms with Crippen molar-refractivity contribution in [1.82, 2.24) is 0 Å². The number of carbonyl (C=O) groups is 1. The van der Waals surface area contributed by atoms with Gasteiger partial charge in [0.2, 0.25) is 0 Å². The Labute approximate surface area is 197 Å². The van der Waals surface area contributed by atoms with Gasteiger partial charge in [-0.1, -0.05) is 11.6 Å². The maximum atomic E-state index is 12.7. The summed E-state index contributed by atoms with van der Waals surface area (Å²) in [6.07, 6.45) is 5.04. The summed E-state index contributed by atoms with van der Waals surface area (Å²) in [5, 5.41) is 33.2. The second-order valence-electron chi connectivity index (χ2n) is 7.27. The van der Waals surface area contributed by atoms with Gasteiger partial charge >= 0.3 is 0 Å². The molecule has 0 atom stereocenters. The van der Waals surface area contributed by atoms with E-state index >= 15 is 0 Å². The first-order valence-electron chi connectivity index (χ1n) is 9.93. The topological polar surface area (TPSA) is 133 Å². The van der Waals surface area contributed by atoms with Crippen LogP contribution in [0.5, 0.6) is 0 Å². The van der Waals surface area contributed by atoms with E-state index in [0.29, 0.717) is 21.9 Å². The summed E-state index contributed by atoms with van der Waals surface area (Å²) in [5.74, 6) is -0.0763. The fraction of sp³-hybridized carbons (Fsp3) is 0.174. The van der Waals surface area contributed by atoms with Gasteiger partial charge in [0.1, 0.15) is 34.2 Å². The fourth-order valence-electron chi connectivity index (χ4n) is 3.63. The molecule has 4 rings (SSSR count). The van der Waals surface area contributed by atoms with Gasteiger partial charge in [0.15, 0.2) is 0 Å². The Kier molecular flexibility index (Phi) is 6.27. The molecule has 0 saturated carbocycles. The van der Waals surface area contributed by atoms with Gasteiger partial charge in [-0.3, -0.25) is 14.9 Å². The molecule has 2 aromatic heterocycles. The second kappa shape index (κ2) is 9.29. The lowest BCUT2D eigenvalue weighted by Crippen LogP contribution is -2.13. The van der Waals surface area contributed by atoms with Crippen molar-refractivity contribution in [3.05, 3.63) is 72.8 Å². The van der Waals surface area contributed by atoms with E-state index in [1.807, 2.05) is 6.07 Å². The SMILES string of the molecule is N#C/C(=C\c1ccc(-c2ccc([N+](=O)[O-])cc2Cl)o1)C(=O)Nc1sc2c(c1C#N)CCCC2. The number of rotatable bonds is 5. The molecule has 0 unspecified atom stereocenters. The van der Waals surface area contributed by atoms with Crippen LogP contribution < -0.4 is 5.32 Å². The van der Waals surface area contributed by atoms with Crippen LogP contribution in [0, 0.1) is 32.8 Å². The van der Waals surface area contributed by atoms with E-state index in [2.05, 4.69) is 11.4 Å². The van der Waals surface area contributed by atoms with Crippen LogP contribution in [0.1, 0.15) is 34.6 Å². The largest absolute Gasteiger partial charge is 0.457 e. The maximum absolute atomic E-state index is 12.7. The van der Waals surface area contributed by atoms with Crippen LogP contribution in [-0.4, -0.2) is 10.8 Å². The number of nitro groups is 1. The number of carbonyl (C=O) groups excluding carboxylic acids is 1. The first-order chi connectivity index (χ1) is 15.9. The molecule has 0 bridgehead atoms. The molecule has 0 spiro atoms. The number of nitrogens with one attached hydrogen (secondary N) is 1. The van der Waals surface area contributed by atoms with Gasteiger partial charge in [-0.15, -0.1) is 11.3 Å². The molecule has 1 aliphatic rings. The van der Waals surface area contributed by atoms with Crippen molar-refractivity contribution >= 4 is 45.6 Å². The predicted molar refractivity (Wildman–Crippen MR) is 124 cm³/mol. The van der Waals surface area contributed by atoms with E-state index in [0.717, 1.165) is 36.1 Å². The number of furan rings is 1. The van der Waals surface area contributed by atoms with Crippen molar-refractivity contribution < 1.29 is 14.1 Å². The molecular formula is C23H15ClN4O4S. The van der Waals surface area contributed by atoms with E-state index in [1.54, 1.807) is 12.1 Å². The zero-order chi connectivity index (χ0) is 23.5. The molecule has 1 N–H and O–H groups in total. The highest BCUT2D eigenvalue weighted by atomic mass is 35.5. The Morgan fingerprint density at radius 3 is 2.73 bits per heavy atom. The number of amides is 1. The second-order valence-corrected chi connectivity index (χ2v) is 8.79. The third-order valence-corrected chi connectivity index (χ3v) is 6.74. The minimum Gasteiger partial charge on any atom is -0.457 e. The first-order valence-corrected chi connectivity index (χ1v) is 11.1. The smallest absolute Gasteiger partial charge is 0.270 e. The van der Waals surface area contributed by atoms with E-state index in [4.69, 9.17) is 16.0 Å². The maximum Gasteiger partial charge on any atom is 0.270 e. The number of hydrogen-bond acceptors (Lipinski definition) is 7. The lowest BCUT2D eigenvalue weighted by Gasteiger charge is -2.09. The number of aryl methyl sites for hydroxylation is 1. The Morgan fingerprint density at radius 2 is 2.03 bits per heavy atom. The standard InChI is InChI=1S/C23H15ClN4O4S/c24-19-10-14(28(30)31)5-7-17(19)20-8-6-15(32-20)9-13(11-25)22(29)27-23-18(12-26)16-3-1-2-4-21(16)33-23/h5-10H,1-4H2,(H,27,29)/b13-9+. The molecule has 1 aromatic carbocycles. The van der Waals surface area contributed by atoms with Crippen LogP contribution in [0.2, 0.25) is 5.02 Å². The summed E-state index contributed by atoms with van der Waals surface area (Å²) in [5.41, 5.74) is 1.55. The number of non-ortho nitro benzene ring substituents is 1. The zero-order valence-electron chi connectivity index (χ0n) is 17.1. The molecule has 33 heavy (non-hydrogen) atoms. The Balaban J connectivity index is 1.57. The minimum atomic E-state index is -0.640. The summed E-state index contributed by atoms with van der Waals surface area (Å²) in [6.45, 7) is 0. The zero-order valence-corrected chi connectivity index (χ0v) is 18.6. The Morgan fingerprint density at radius 1 is 1.24 bits per heavy atom. The monoisotopic (exact) mass is 478 g/mol. The molecule has 8 nitrogen and oxygen atoms in total. The number of benzene rings is 1. The number of nitriles is 2. The number of nitro benzene ring substituents is 1. The molecular weight excluding hydrogens is 464 g/mol. The predicted octanol–water partition coefficient (Wildman–Crippen LogP) is 5.87. The van der Waals surface area contributed by atoms with Crippen LogP contribution >= 0.6 is 22.9 Å². The van der Waals surface area contributed by atoms with Crippen LogP contribution in [0.3, 0.4) is 0 Å². The normalized spacial score (nSPS) is 13.0. The third-order valence-electron chi connectivity index (χ3n) is 5.22. The van der Waals surface area contributed by atoms with Gasteiger partial charge in [0.05, 0.1) is 15.5 Å². The van der Waals surface area contributed by atoms with Crippen molar-refractivity contribution in [3.8, 4) is 23.5 Å². The molecule has 0 radical (unpaired) electrons. The van der Waals surface area contributed by atoms with Crippen LogP contribution in [0.15, 0.2) is 40.3 Å². The highest BCUT2D eigenvalue weighted by Gasteiger charge is 2.23. The van der Waals surface area contributed by atoms with Crippen molar-refractivity contribution in [2.45, 2.75) is 25.7 Å². The highest BCUT2D eigenvalue weighted by Crippen LogP contribution is 2.38. The van der Waals surface area contributed by atoms with Crippen LogP contribution in [0.4, 0.5) is 10.7 Å². The van der Waals surface area contributed by atoms with Crippen molar-refractivity contribution in [3.63, 3.8) is 0 Å². The Bertz CT molecular complexity index is 1390. The van der Waals surface area contributed by atoms with Gasteiger partial charge in [-0.05, 0) is 49.4 Å². The highest BCUT2D eigenvalue weighted by molar-refractivity contribution is 7.16. The summed E-state index contributed by atoms with van der Waals surface area (Å²) < 4.78 is 5.68. The summed E-state index contributed by atoms with van der Waals surface area (Å²) in [6, 6.07) is 11.2. The van der Waals surface area contributed by atoms with E-state index in [1.165, 1.54) is 35.6 Å². The molecule has 3 aromatic rings. The van der Waals surface area contributed by atoms with Crippen LogP contribution in [-0.2, 0) is 17.6 Å². The molecule has 1 amide bonds. The van der Waals surface area contributed by atoms with E-state index in [9.17, 15) is 25.4 Å². The third kappa shape index (κ3) is 4.51. The number of anilines is 1. The summed E-state index contributed by atoms with van der Waals surface area (Å²) in [4.78, 5) is 24.2.